The molecule has 0 spiro atoms. The Balaban J connectivity index is 2.23. The van der Waals surface area contributed by atoms with E-state index in [1.165, 1.54) is 0 Å². The number of carbonyl (C=O) groups is 2. The van der Waals surface area contributed by atoms with Gasteiger partial charge in [0.25, 0.3) is 5.91 Å². The number of benzene rings is 1. The molecule has 104 valence electrons. The summed E-state index contributed by atoms with van der Waals surface area (Å²) in [7, 11) is 0. The third kappa shape index (κ3) is 2.85. The first-order valence-corrected chi connectivity index (χ1v) is 6.27. The lowest BCUT2D eigenvalue weighted by Gasteiger charge is -2.07. The fourth-order valence-electron chi connectivity index (χ4n) is 1.91. The zero-order valence-corrected chi connectivity index (χ0v) is 11.4. The third-order valence-corrected chi connectivity index (χ3v) is 2.84. The number of rotatable bonds is 4. The maximum atomic E-state index is 12.2. The maximum Gasteiger partial charge on any atom is 0.273 e. The van der Waals surface area contributed by atoms with Crippen LogP contribution in [0.25, 0.3) is 0 Å². The van der Waals surface area contributed by atoms with Crippen molar-refractivity contribution in [1.29, 1.82) is 0 Å². The largest absolute Gasteiger partial charge is 0.366 e. The number of hydrogen-bond acceptors (Lipinski definition) is 3. The van der Waals surface area contributed by atoms with Gasteiger partial charge in [-0.05, 0) is 38.1 Å². The fourth-order valence-corrected chi connectivity index (χ4v) is 1.91. The van der Waals surface area contributed by atoms with Crippen LogP contribution in [0, 0.1) is 6.92 Å². The van der Waals surface area contributed by atoms with E-state index in [4.69, 9.17) is 5.73 Å². The van der Waals surface area contributed by atoms with Crippen molar-refractivity contribution in [2.24, 2.45) is 5.73 Å². The van der Waals surface area contributed by atoms with Crippen LogP contribution in [0.3, 0.4) is 0 Å². The Kier molecular flexibility index (Phi) is 3.84. The fraction of sp³-hybridized carbons (Fsp3) is 0.214. The van der Waals surface area contributed by atoms with Crippen LogP contribution in [0.4, 0.5) is 5.69 Å². The van der Waals surface area contributed by atoms with Gasteiger partial charge in [-0.25, -0.2) is 0 Å². The molecule has 2 rings (SSSR count). The standard InChI is InChI=1S/C14H16N4O2/c1-3-18-12(7-9(2)17-18)14(20)16-11-6-4-5-10(8-11)13(15)19/h4-8H,3H2,1-2H3,(H2,15,19)(H,16,20). The maximum absolute atomic E-state index is 12.2. The number of aromatic nitrogens is 2. The molecule has 1 aromatic heterocycles. The van der Waals surface area contributed by atoms with Crippen LogP contribution in [0.5, 0.6) is 0 Å². The van der Waals surface area contributed by atoms with E-state index >= 15 is 0 Å². The van der Waals surface area contributed by atoms with Gasteiger partial charge in [-0.3, -0.25) is 14.3 Å². The average Bonchev–Trinajstić information content (AvgIpc) is 2.80. The summed E-state index contributed by atoms with van der Waals surface area (Å²) in [5, 5.41) is 6.95. The van der Waals surface area contributed by atoms with Crippen molar-refractivity contribution in [2.75, 3.05) is 5.32 Å². The number of aryl methyl sites for hydroxylation is 2. The number of hydrogen-bond donors (Lipinski definition) is 2. The molecule has 0 fully saturated rings. The summed E-state index contributed by atoms with van der Waals surface area (Å²) in [4.78, 5) is 23.3. The lowest BCUT2D eigenvalue weighted by atomic mass is 10.2. The van der Waals surface area contributed by atoms with Crippen molar-refractivity contribution in [3.63, 3.8) is 0 Å². The molecule has 2 aromatic rings. The first-order chi connectivity index (χ1) is 9.51. The van der Waals surface area contributed by atoms with Crippen LogP contribution >= 0.6 is 0 Å². The van der Waals surface area contributed by atoms with Gasteiger partial charge >= 0.3 is 0 Å². The second-order valence-corrected chi connectivity index (χ2v) is 4.39. The van der Waals surface area contributed by atoms with Gasteiger partial charge in [0.1, 0.15) is 5.69 Å². The molecule has 0 saturated carbocycles. The normalized spacial score (nSPS) is 10.3. The molecule has 0 aliphatic carbocycles. The second-order valence-electron chi connectivity index (χ2n) is 4.39. The predicted molar refractivity (Wildman–Crippen MR) is 75.6 cm³/mol. The first kappa shape index (κ1) is 13.8. The highest BCUT2D eigenvalue weighted by Gasteiger charge is 2.13. The van der Waals surface area contributed by atoms with Crippen molar-refractivity contribution >= 4 is 17.5 Å². The van der Waals surface area contributed by atoms with Gasteiger partial charge in [0.2, 0.25) is 5.91 Å². The minimum Gasteiger partial charge on any atom is -0.366 e. The lowest BCUT2D eigenvalue weighted by Crippen LogP contribution is -2.18. The molecular weight excluding hydrogens is 256 g/mol. The molecule has 6 nitrogen and oxygen atoms in total. The Morgan fingerprint density at radius 1 is 1.35 bits per heavy atom. The molecule has 0 aliphatic heterocycles. The Hall–Kier alpha value is -2.63. The minimum atomic E-state index is -0.532. The second kappa shape index (κ2) is 5.56. The van der Waals surface area contributed by atoms with Crippen molar-refractivity contribution in [3.05, 3.63) is 47.3 Å². The highest BCUT2D eigenvalue weighted by atomic mass is 16.2. The number of nitrogens with two attached hydrogens (primary N) is 1. The monoisotopic (exact) mass is 272 g/mol. The van der Waals surface area contributed by atoms with Gasteiger partial charge < -0.3 is 11.1 Å². The van der Waals surface area contributed by atoms with Crippen LogP contribution in [0.15, 0.2) is 30.3 Å². The molecule has 2 amide bonds. The van der Waals surface area contributed by atoms with Crippen molar-refractivity contribution in [1.82, 2.24) is 9.78 Å². The van der Waals surface area contributed by atoms with Gasteiger partial charge in [0.05, 0.1) is 5.69 Å². The van der Waals surface area contributed by atoms with Crippen LogP contribution < -0.4 is 11.1 Å². The molecule has 0 radical (unpaired) electrons. The summed E-state index contributed by atoms with van der Waals surface area (Å²) in [6.45, 7) is 4.35. The van der Waals surface area contributed by atoms with E-state index in [9.17, 15) is 9.59 Å². The van der Waals surface area contributed by atoms with E-state index < -0.39 is 5.91 Å². The number of primary amides is 1. The van der Waals surface area contributed by atoms with Gasteiger partial charge in [-0.15, -0.1) is 0 Å². The molecule has 0 saturated heterocycles. The summed E-state index contributed by atoms with van der Waals surface area (Å²) < 4.78 is 1.63. The topological polar surface area (TPSA) is 90.0 Å². The van der Waals surface area contributed by atoms with Crippen LogP contribution in [0.1, 0.15) is 33.5 Å². The van der Waals surface area contributed by atoms with Gasteiger partial charge in [0, 0.05) is 17.8 Å². The smallest absolute Gasteiger partial charge is 0.273 e. The van der Waals surface area contributed by atoms with Crippen molar-refractivity contribution < 1.29 is 9.59 Å². The molecule has 0 unspecified atom stereocenters. The van der Waals surface area contributed by atoms with Crippen LogP contribution in [-0.2, 0) is 6.54 Å². The predicted octanol–water partition coefficient (Wildman–Crippen LogP) is 1.56. The van der Waals surface area contributed by atoms with E-state index in [0.717, 1.165) is 5.69 Å². The van der Waals surface area contributed by atoms with E-state index in [1.807, 2.05) is 13.8 Å². The lowest BCUT2D eigenvalue weighted by molar-refractivity contribution is 0.0994. The van der Waals surface area contributed by atoms with Crippen molar-refractivity contribution in [2.45, 2.75) is 20.4 Å². The summed E-state index contributed by atoms with van der Waals surface area (Å²) in [5.74, 6) is -0.801. The highest BCUT2D eigenvalue weighted by Crippen LogP contribution is 2.13. The number of carbonyl (C=O) groups excluding carboxylic acids is 2. The number of anilines is 1. The summed E-state index contributed by atoms with van der Waals surface area (Å²) >= 11 is 0. The Morgan fingerprint density at radius 3 is 2.75 bits per heavy atom. The molecular formula is C14H16N4O2. The molecule has 6 heteroatoms. The van der Waals surface area contributed by atoms with E-state index in [1.54, 1.807) is 35.0 Å². The highest BCUT2D eigenvalue weighted by molar-refractivity contribution is 6.04. The van der Waals surface area contributed by atoms with E-state index in [-0.39, 0.29) is 5.91 Å². The summed E-state index contributed by atoms with van der Waals surface area (Å²) in [6.07, 6.45) is 0. The summed E-state index contributed by atoms with van der Waals surface area (Å²) in [6, 6.07) is 8.22. The minimum absolute atomic E-state index is 0.269. The quantitative estimate of drug-likeness (QED) is 0.885. The van der Waals surface area contributed by atoms with Crippen LogP contribution in [-0.4, -0.2) is 21.6 Å². The van der Waals surface area contributed by atoms with Gasteiger partial charge in [-0.1, -0.05) is 6.07 Å². The number of amides is 2. The van der Waals surface area contributed by atoms with Gasteiger partial charge in [0.15, 0.2) is 0 Å². The van der Waals surface area contributed by atoms with E-state index in [2.05, 4.69) is 10.4 Å². The number of nitrogens with zero attached hydrogens (tertiary/aromatic N) is 2. The molecule has 0 bridgehead atoms. The summed E-state index contributed by atoms with van der Waals surface area (Å²) in [5.41, 5.74) is 7.34. The molecule has 0 atom stereocenters. The molecule has 3 N–H and O–H groups in total. The first-order valence-electron chi connectivity index (χ1n) is 6.27. The van der Waals surface area contributed by atoms with Gasteiger partial charge in [-0.2, -0.15) is 5.10 Å². The Morgan fingerprint density at radius 2 is 2.10 bits per heavy atom. The molecule has 1 heterocycles. The van der Waals surface area contributed by atoms with Crippen LogP contribution in [0.2, 0.25) is 0 Å². The third-order valence-electron chi connectivity index (χ3n) is 2.84. The van der Waals surface area contributed by atoms with E-state index in [0.29, 0.717) is 23.5 Å². The Bertz CT molecular complexity index is 661. The number of nitrogens with one attached hydrogen (secondary N) is 1. The zero-order valence-electron chi connectivity index (χ0n) is 11.4. The average molecular weight is 272 g/mol. The molecule has 0 aliphatic rings. The van der Waals surface area contributed by atoms with Crippen molar-refractivity contribution in [3.8, 4) is 0 Å². The SMILES string of the molecule is CCn1nc(C)cc1C(=O)Nc1cccc(C(N)=O)c1. The molecule has 1 aromatic carbocycles. The Labute approximate surface area is 116 Å². The zero-order chi connectivity index (χ0) is 14.7. The molecule has 20 heavy (non-hydrogen) atoms.